The van der Waals surface area contributed by atoms with Crippen molar-refractivity contribution in [3.63, 3.8) is 0 Å². The van der Waals surface area contributed by atoms with Crippen LogP contribution in [0, 0.1) is 17.3 Å². The highest BCUT2D eigenvalue weighted by molar-refractivity contribution is 5.03. The van der Waals surface area contributed by atoms with Crippen LogP contribution in [0.2, 0.25) is 0 Å². The fraction of sp³-hybridized carbons (Fsp3) is 1.00. The molecule has 0 aliphatic heterocycles. The summed E-state index contributed by atoms with van der Waals surface area (Å²) in [4.78, 5) is 0. The average molecular weight is 224 g/mol. The van der Waals surface area contributed by atoms with Gasteiger partial charge in [0, 0.05) is 0 Å². The van der Waals surface area contributed by atoms with Crippen LogP contribution in [0.4, 0.5) is 0 Å². The number of hydrogen-bond donors (Lipinski definition) is 1. The molecular weight excluding hydrogens is 196 g/mol. The van der Waals surface area contributed by atoms with Crippen molar-refractivity contribution in [2.45, 2.75) is 77.7 Å². The molecule has 2 aliphatic rings. The predicted molar refractivity (Wildman–Crippen MR) is 68.3 cm³/mol. The monoisotopic (exact) mass is 224 g/mol. The smallest absolute Gasteiger partial charge is 0.0751 e. The highest BCUT2D eigenvalue weighted by atomic mass is 16.3. The second-order valence-corrected chi connectivity index (χ2v) is 7.04. The van der Waals surface area contributed by atoms with Gasteiger partial charge >= 0.3 is 0 Å². The molecule has 0 heterocycles. The molecule has 16 heavy (non-hydrogen) atoms. The molecule has 0 spiro atoms. The lowest BCUT2D eigenvalue weighted by Crippen LogP contribution is -2.53. The Morgan fingerprint density at radius 3 is 1.31 bits per heavy atom. The van der Waals surface area contributed by atoms with Gasteiger partial charge in [-0.15, -0.1) is 0 Å². The van der Waals surface area contributed by atoms with Gasteiger partial charge in [0.25, 0.3) is 0 Å². The molecule has 0 radical (unpaired) electrons. The zero-order chi connectivity index (χ0) is 11.8. The lowest BCUT2D eigenvalue weighted by molar-refractivity contribution is -0.144. The van der Waals surface area contributed by atoms with Crippen LogP contribution >= 0.6 is 0 Å². The summed E-state index contributed by atoms with van der Waals surface area (Å²) in [5.74, 6) is 1.13. The molecule has 1 N–H and O–H groups in total. The molecule has 0 amide bonds. The van der Waals surface area contributed by atoms with E-state index in [9.17, 15) is 5.11 Å². The van der Waals surface area contributed by atoms with Crippen molar-refractivity contribution < 1.29 is 5.11 Å². The third kappa shape index (κ3) is 1.92. The summed E-state index contributed by atoms with van der Waals surface area (Å²) in [5, 5.41) is 11.3. The third-order valence-electron chi connectivity index (χ3n) is 5.16. The van der Waals surface area contributed by atoms with Crippen LogP contribution in [-0.4, -0.2) is 10.7 Å². The van der Waals surface area contributed by atoms with Crippen molar-refractivity contribution in [2.75, 3.05) is 0 Å². The largest absolute Gasteiger partial charge is 0.389 e. The first-order valence-electron chi connectivity index (χ1n) is 7.18. The first-order valence-corrected chi connectivity index (χ1v) is 7.18. The number of rotatable bonds is 2. The Morgan fingerprint density at radius 1 is 0.750 bits per heavy atom. The van der Waals surface area contributed by atoms with Crippen molar-refractivity contribution in [3.05, 3.63) is 0 Å². The van der Waals surface area contributed by atoms with Gasteiger partial charge in [0.15, 0.2) is 0 Å². The molecular formula is C15H28O. The Balaban J connectivity index is 2.23. The van der Waals surface area contributed by atoms with Gasteiger partial charge in [-0.1, -0.05) is 46.5 Å². The lowest BCUT2D eigenvalue weighted by atomic mass is 9.61. The summed E-state index contributed by atoms with van der Waals surface area (Å²) in [6, 6.07) is 0. The quantitative estimate of drug-likeness (QED) is 0.747. The van der Waals surface area contributed by atoms with Crippen molar-refractivity contribution in [1.29, 1.82) is 0 Å². The van der Waals surface area contributed by atoms with Gasteiger partial charge < -0.3 is 5.11 Å². The Hall–Kier alpha value is -0.0400. The Bertz CT molecular complexity index is 210. The Labute approximate surface area is 101 Å². The van der Waals surface area contributed by atoms with E-state index in [0.717, 1.165) is 0 Å². The van der Waals surface area contributed by atoms with Crippen LogP contribution in [0.25, 0.3) is 0 Å². The van der Waals surface area contributed by atoms with E-state index in [1.165, 1.54) is 51.4 Å². The molecule has 2 aliphatic carbocycles. The lowest BCUT2D eigenvalue weighted by Gasteiger charge is -2.49. The van der Waals surface area contributed by atoms with Crippen LogP contribution in [0.3, 0.4) is 0 Å². The van der Waals surface area contributed by atoms with Crippen molar-refractivity contribution in [1.82, 2.24) is 0 Å². The molecule has 2 fully saturated rings. The van der Waals surface area contributed by atoms with Gasteiger partial charge in [0.1, 0.15) is 0 Å². The van der Waals surface area contributed by atoms with Gasteiger partial charge in [-0.2, -0.15) is 0 Å². The SMILES string of the molecule is CC(C)(C)C(O)(C1CCCC1)C1CCCC1. The fourth-order valence-electron chi connectivity index (χ4n) is 4.29. The number of hydrogen-bond acceptors (Lipinski definition) is 1. The van der Waals surface area contributed by atoms with E-state index in [2.05, 4.69) is 20.8 Å². The van der Waals surface area contributed by atoms with E-state index in [4.69, 9.17) is 0 Å². The van der Waals surface area contributed by atoms with Crippen LogP contribution in [-0.2, 0) is 0 Å². The Morgan fingerprint density at radius 2 is 1.06 bits per heavy atom. The molecule has 2 rings (SSSR count). The minimum atomic E-state index is -0.403. The molecule has 0 aromatic rings. The average Bonchev–Trinajstić information content (AvgIpc) is 2.88. The van der Waals surface area contributed by atoms with E-state index >= 15 is 0 Å². The summed E-state index contributed by atoms with van der Waals surface area (Å²) in [7, 11) is 0. The third-order valence-corrected chi connectivity index (χ3v) is 5.16. The molecule has 1 nitrogen and oxygen atoms in total. The number of aliphatic hydroxyl groups is 1. The molecule has 2 saturated carbocycles. The van der Waals surface area contributed by atoms with Gasteiger partial charge in [-0.05, 0) is 42.9 Å². The van der Waals surface area contributed by atoms with Crippen LogP contribution in [0.5, 0.6) is 0 Å². The normalized spacial score (nSPS) is 25.5. The van der Waals surface area contributed by atoms with E-state index in [0.29, 0.717) is 11.8 Å². The second-order valence-electron chi connectivity index (χ2n) is 7.04. The second kappa shape index (κ2) is 4.33. The maximum atomic E-state index is 11.3. The first kappa shape index (κ1) is 12.4. The van der Waals surface area contributed by atoms with Gasteiger partial charge in [-0.3, -0.25) is 0 Å². The van der Waals surface area contributed by atoms with E-state index in [-0.39, 0.29) is 5.41 Å². The predicted octanol–water partition coefficient (Wildman–Crippen LogP) is 4.14. The molecule has 0 aromatic heterocycles. The van der Waals surface area contributed by atoms with Gasteiger partial charge in [0.2, 0.25) is 0 Å². The van der Waals surface area contributed by atoms with Crippen LogP contribution in [0.15, 0.2) is 0 Å². The van der Waals surface area contributed by atoms with E-state index in [1.807, 2.05) is 0 Å². The zero-order valence-electron chi connectivity index (χ0n) is 11.3. The highest BCUT2D eigenvalue weighted by Gasteiger charge is 2.52. The van der Waals surface area contributed by atoms with Crippen molar-refractivity contribution >= 4 is 0 Å². The molecule has 1 heteroatoms. The van der Waals surface area contributed by atoms with E-state index < -0.39 is 5.60 Å². The Kier molecular flexibility index (Phi) is 3.36. The minimum Gasteiger partial charge on any atom is -0.389 e. The summed E-state index contributed by atoms with van der Waals surface area (Å²) < 4.78 is 0. The zero-order valence-corrected chi connectivity index (χ0v) is 11.3. The maximum Gasteiger partial charge on any atom is 0.0751 e. The molecule has 0 unspecified atom stereocenters. The fourth-order valence-corrected chi connectivity index (χ4v) is 4.29. The summed E-state index contributed by atoms with van der Waals surface area (Å²) >= 11 is 0. The van der Waals surface area contributed by atoms with Crippen LogP contribution in [0.1, 0.15) is 72.1 Å². The highest BCUT2D eigenvalue weighted by Crippen LogP contribution is 2.52. The standard InChI is InChI=1S/C15H28O/c1-14(2,3)15(16,12-8-4-5-9-12)13-10-6-7-11-13/h12-13,16H,4-11H2,1-3H3. The summed E-state index contributed by atoms with van der Waals surface area (Å²) in [6.45, 7) is 6.72. The van der Waals surface area contributed by atoms with Crippen molar-refractivity contribution in [2.24, 2.45) is 17.3 Å². The summed E-state index contributed by atoms with van der Waals surface area (Å²) in [6.07, 6.45) is 10.3. The van der Waals surface area contributed by atoms with Crippen LogP contribution < -0.4 is 0 Å². The molecule has 94 valence electrons. The minimum absolute atomic E-state index is 0.0387. The van der Waals surface area contributed by atoms with E-state index in [1.54, 1.807) is 0 Å². The molecule has 0 bridgehead atoms. The molecule has 0 atom stereocenters. The van der Waals surface area contributed by atoms with Gasteiger partial charge in [0.05, 0.1) is 5.60 Å². The maximum absolute atomic E-state index is 11.3. The van der Waals surface area contributed by atoms with Gasteiger partial charge in [-0.25, -0.2) is 0 Å². The molecule has 0 aromatic carbocycles. The first-order chi connectivity index (χ1) is 7.46. The van der Waals surface area contributed by atoms with Crippen molar-refractivity contribution in [3.8, 4) is 0 Å². The molecule has 0 saturated heterocycles. The summed E-state index contributed by atoms with van der Waals surface area (Å²) in [5.41, 5.74) is -0.364. The topological polar surface area (TPSA) is 20.2 Å².